The van der Waals surface area contributed by atoms with Crippen LogP contribution in [0.25, 0.3) is 0 Å². The van der Waals surface area contributed by atoms with Crippen LogP contribution in [0.1, 0.15) is 27.2 Å². The van der Waals surface area contributed by atoms with Crippen molar-refractivity contribution < 1.29 is 9.18 Å². The normalized spacial score (nSPS) is 13.8. The van der Waals surface area contributed by atoms with Gasteiger partial charge in [0.25, 0.3) is 5.91 Å². The molecular weight excluding hydrogens is 271 g/mol. The van der Waals surface area contributed by atoms with Crippen molar-refractivity contribution in [3.63, 3.8) is 0 Å². The Morgan fingerprint density at radius 1 is 1.43 bits per heavy atom. The molecule has 0 unspecified atom stereocenters. The summed E-state index contributed by atoms with van der Waals surface area (Å²) < 4.78 is 13.8. The summed E-state index contributed by atoms with van der Waals surface area (Å²) in [6.45, 7) is 1.69. The van der Waals surface area contributed by atoms with E-state index in [2.05, 4.69) is 15.3 Å². The topological polar surface area (TPSA) is 61.0 Å². The van der Waals surface area contributed by atoms with Gasteiger partial charge >= 0.3 is 0 Å². The lowest BCUT2D eigenvalue weighted by Gasteiger charge is -2.23. The standard InChI is InChI=1S/C15H17FN4O/c1-20(8-10-6-18-9-19-10)15(21)12-2-3-14(16)13-7-17-5-4-11(12)13/h2-3,6,9,17H,4-5,7-8H2,1H3,(H,18,19). The van der Waals surface area contributed by atoms with E-state index in [1.807, 2.05) is 0 Å². The van der Waals surface area contributed by atoms with Gasteiger partial charge in [0.1, 0.15) is 5.82 Å². The number of nitrogens with zero attached hydrogens (tertiary/aromatic N) is 2. The zero-order chi connectivity index (χ0) is 14.8. The van der Waals surface area contributed by atoms with Gasteiger partial charge in [-0.1, -0.05) is 0 Å². The quantitative estimate of drug-likeness (QED) is 0.899. The molecule has 1 aromatic heterocycles. The molecule has 1 aromatic carbocycles. The molecule has 0 saturated carbocycles. The summed E-state index contributed by atoms with van der Waals surface area (Å²) in [6, 6.07) is 2.97. The van der Waals surface area contributed by atoms with Crippen LogP contribution in [0.4, 0.5) is 4.39 Å². The molecule has 1 amide bonds. The zero-order valence-electron chi connectivity index (χ0n) is 11.8. The number of carbonyl (C=O) groups is 1. The van der Waals surface area contributed by atoms with E-state index in [4.69, 9.17) is 0 Å². The molecule has 2 heterocycles. The smallest absolute Gasteiger partial charge is 0.254 e. The highest BCUT2D eigenvalue weighted by Gasteiger charge is 2.22. The molecule has 3 rings (SSSR count). The first kappa shape index (κ1) is 13.8. The first-order valence-corrected chi connectivity index (χ1v) is 6.90. The number of hydrogen-bond donors (Lipinski definition) is 2. The summed E-state index contributed by atoms with van der Waals surface area (Å²) in [5.74, 6) is -0.340. The third-order valence-electron chi connectivity index (χ3n) is 3.77. The predicted molar refractivity (Wildman–Crippen MR) is 76.2 cm³/mol. The first-order chi connectivity index (χ1) is 10.2. The van der Waals surface area contributed by atoms with Gasteiger partial charge in [0.15, 0.2) is 0 Å². The van der Waals surface area contributed by atoms with Crippen molar-refractivity contribution >= 4 is 5.91 Å². The number of nitrogens with one attached hydrogen (secondary N) is 2. The summed E-state index contributed by atoms with van der Waals surface area (Å²) in [7, 11) is 1.74. The van der Waals surface area contributed by atoms with E-state index in [-0.39, 0.29) is 11.7 Å². The molecular formula is C15H17FN4O. The average molecular weight is 288 g/mol. The highest BCUT2D eigenvalue weighted by molar-refractivity contribution is 5.96. The van der Waals surface area contributed by atoms with E-state index in [0.717, 1.165) is 17.8 Å². The summed E-state index contributed by atoms with van der Waals surface area (Å²) in [5, 5.41) is 3.14. The van der Waals surface area contributed by atoms with Crippen molar-refractivity contribution in [1.29, 1.82) is 0 Å². The largest absolute Gasteiger partial charge is 0.347 e. The number of benzene rings is 1. The molecule has 2 N–H and O–H groups in total. The lowest BCUT2D eigenvalue weighted by molar-refractivity contribution is 0.0782. The second-order valence-electron chi connectivity index (χ2n) is 5.22. The third kappa shape index (κ3) is 2.67. The maximum atomic E-state index is 13.8. The Bertz CT molecular complexity index is 654. The number of imidazole rings is 1. The van der Waals surface area contributed by atoms with Crippen molar-refractivity contribution in [3.8, 4) is 0 Å². The summed E-state index contributed by atoms with van der Waals surface area (Å²) in [6.07, 6.45) is 3.94. The van der Waals surface area contributed by atoms with Gasteiger partial charge in [-0.15, -0.1) is 0 Å². The van der Waals surface area contributed by atoms with Gasteiger partial charge < -0.3 is 15.2 Å². The first-order valence-electron chi connectivity index (χ1n) is 6.90. The van der Waals surface area contributed by atoms with E-state index < -0.39 is 0 Å². The van der Waals surface area contributed by atoms with E-state index in [1.54, 1.807) is 30.5 Å². The van der Waals surface area contributed by atoms with Crippen LogP contribution >= 0.6 is 0 Å². The van der Waals surface area contributed by atoms with E-state index in [9.17, 15) is 9.18 Å². The lowest BCUT2D eigenvalue weighted by Crippen LogP contribution is -2.31. The number of fused-ring (bicyclic) bond motifs is 1. The lowest BCUT2D eigenvalue weighted by atomic mass is 9.94. The molecule has 1 aliphatic rings. The summed E-state index contributed by atoms with van der Waals surface area (Å²) in [4.78, 5) is 21.1. The fourth-order valence-electron chi connectivity index (χ4n) is 2.67. The Hall–Kier alpha value is -2.21. The molecule has 0 atom stereocenters. The number of amides is 1. The van der Waals surface area contributed by atoms with Crippen LogP contribution in [0.15, 0.2) is 24.7 Å². The van der Waals surface area contributed by atoms with Gasteiger partial charge in [-0.05, 0) is 30.7 Å². The fourth-order valence-corrected chi connectivity index (χ4v) is 2.67. The molecule has 0 radical (unpaired) electrons. The van der Waals surface area contributed by atoms with Gasteiger partial charge in [-0.2, -0.15) is 0 Å². The van der Waals surface area contributed by atoms with Crippen molar-refractivity contribution in [2.45, 2.75) is 19.5 Å². The Kier molecular flexibility index (Phi) is 3.70. The SMILES string of the molecule is CN(Cc1cnc[nH]1)C(=O)c1ccc(F)c2c1CCNC2. The number of aromatic nitrogens is 2. The molecule has 6 heteroatoms. The van der Waals surface area contributed by atoms with Crippen molar-refractivity contribution in [2.24, 2.45) is 0 Å². The Morgan fingerprint density at radius 3 is 3.05 bits per heavy atom. The van der Waals surface area contributed by atoms with Crippen LogP contribution in [0, 0.1) is 5.82 Å². The fraction of sp³-hybridized carbons (Fsp3) is 0.333. The van der Waals surface area contributed by atoms with Gasteiger partial charge in [-0.3, -0.25) is 4.79 Å². The van der Waals surface area contributed by atoms with Crippen LogP contribution in [0.2, 0.25) is 0 Å². The second kappa shape index (κ2) is 5.65. The van der Waals surface area contributed by atoms with Crippen molar-refractivity contribution in [2.75, 3.05) is 13.6 Å². The number of halogens is 1. The number of carbonyl (C=O) groups excluding carboxylic acids is 1. The minimum absolute atomic E-state index is 0.0947. The van der Waals surface area contributed by atoms with Crippen LogP contribution in [0.5, 0.6) is 0 Å². The molecule has 2 aromatic rings. The van der Waals surface area contributed by atoms with E-state index in [1.165, 1.54) is 6.07 Å². The molecule has 110 valence electrons. The number of aromatic amines is 1. The highest BCUT2D eigenvalue weighted by atomic mass is 19.1. The summed E-state index contributed by atoms with van der Waals surface area (Å²) in [5.41, 5.74) is 2.90. The van der Waals surface area contributed by atoms with Crippen LogP contribution < -0.4 is 5.32 Å². The van der Waals surface area contributed by atoms with E-state index >= 15 is 0 Å². The number of rotatable bonds is 3. The van der Waals surface area contributed by atoms with Crippen LogP contribution in [-0.4, -0.2) is 34.4 Å². The Balaban J connectivity index is 1.87. The maximum Gasteiger partial charge on any atom is 0.254 e. The predicted octanol–water partition coefficient (Wildman–Crippen LogP) is 1.47. The molecule has 21 heavy (non-hydrogen) atoms. The van der Waals surface area contributed by atoms with Crippen molar-refractivity contribution in [3.05, 3.63) is 52.9 Å². The number of H-pyrrole nitrogens is 1. The monoisotopic (exact) mass is 288 g/mol. The van der Waals surface area contributed by atoms with Gasteiger partial charge in [0.05, 0.1) is 18.6 Å². The highest BCUT2D eigenvalue weighted by Crippen LogP contribution is 2.23. The maximum absolute atomic E-state index is 13.8. The molecule has 0 saturated heterocycles. The molecule has 0 fully saturated rings. The minimum Gasteiger partial charge on any atom is -0.347 e. The van der Waals surface area contributed by atoms with Crippen molar-refractivity contribution in [1.82, 2.24) is 20.2 Å². The molecule has 5 nitrogen and oxygen atoms in total. The minimum atomic E-state index is -0.245. The second-order valence-corrected chi connectivity index (χ2v) is 5.22. The van der Waals surface area contributed by atoms with Gasteiger partial charge in [0, 0.05) is 30.9 Å². The Morgan fingerprint density at radius 2 is 2.29 bits per heavy atom. The zero-order valence-corrected chi connectivity index (χ0v) is 11.8. The molecule has 0 bridgehead atoms. The van der Waals surface area contributed by atoms with E-state index in [0.29, 0.717) is 30.6 Å². The third-order valence-corrected chi connectivity index (χ3v) is 3.77. The average Bonchev–Trinajstić information content (AvgIpc) is 3.00. The molecule has 0 spiro atoms. The molecule has 1 aliphatic heterocycles. The van der Waals surface area contributed by atoms with Crippen LogP contribution in [-0.2, 0) is 19.5 Å². The summed E-state index contributed by atoms with van der Waals surface area (Å²) >= 11 is 0. The molecule has 0 aliphatic carbocycles. The Labute approximate surface area is 122 Å². The van der Waals surface area contributed by atoms with Gasteiger partial charge in [0.2, 0.25) is 0 Å². The van der Waals surface area contributed by atoms with Crippen LogP contribution in [0.3, 0.4) is 0 Å². The number of hydrogen-bond acceptors (Lipinski definition) is 3. The van der Waals surface area contributed by atoms with Gasteiger partial charge in [-0.25, -0.2) is 9.37 Å².